The van der Waals surface area contributed by atoms with Gasteiger partial charge in [-0.3, -0.25) is 4.90 Å². The van der Waals surface area contributed by atoms with E-state index in [1.807, 2.05) is 0 Å². The van der Waals surface area contributed by atoms with E-state index in [4.69, 9.17) is 5.26 Å². The van der Waals surface area contributed by atoms with Crippen molar-refractivity contribution in [2.45, 2.75) is 12.5 Å². The lowest BCUT2D eigenvalue weighted by molar-refractivity contribution is 0.175. The minimum absolute atomic E-state index is 0. The minimum atomic E-state index is -0.232. The first-order valence-corrected chi connectivity index (χ1v) is 5.88. The third-order valence-corrected chi connectivity index (χ3v) is 3.13. The Hall–Kier alpha value is -0.860. The summed E-state index contributed by atoms with van der Waals surface area (Å²) < 4.78 is 12.9. The maximum atomic E-state index is 12.9. The van der Waals surface area contributed by atoms with E-state index >= 15 is 0 Å². The Morgan fingerprint density at radius 3 is 2.32 bits per heavy atom. The topological polar surface area (TPSA) is 39.1 Å². The van der Waals surface area contributed by atoms with Gasteiger partial charge in [0.2, 0.25) is 0 Å². The van der Waals surface area contributed by atoms with E-state index in [9.17, 15) is 4.39 Å². The molecule has 0 aliphatic carbocycles. The summed E-state index contributed by atoms with van der Waals surface area (Å²) in [4.78, 5) is 2.28. The largest absolute Gasteiger partial charge is 0.314 e. The highest BCUT2D eigenvalue weighted by atomic mass is 35.5. The van der Waals surface area contributed by atoms with Crippen LogP contribution in [-0.4, -0.2) is 31.1 Å². The van der Waals surface area contributed by atoms with Crippen molar-refractivity contribution in [3.05, 3.63) is 35.6 Å². The molecule has 1 aromatic rings. The molecule has 1 aromatic carbocycles. The predicted octanol–water partition coefficient (Wildman–Crippen LogP) is 2.53. The van der Waals surface area contributed by atoms with Crippen molar-refractivity contribution >= 4 is 24.8 Å². The highest BCUT2D eigenvalue weighted by Crippen LogP contribution is 2.24. The molecule has 0 unspecified atom stereocenters. The van der Waals surface area contributed by atoms with Crippen molar-refractivity contribution in [3.8, 4) is 6.07 Å². The zero-order valence-corrected chi connectivity index (χ0v) is 12.1. The van der Waals surface area contributed by atoms with Gasteiger partial charge in [-0.15, -0.1) is 24.8 Å². The molecule has 0 radical (unpaired) electrons. The van der Waals surface area contributed by atoms with Crippen molar-refractivity contribution in [2.75, 3.05) is 26.2 Å². The van der Waals surface area contributed by atoms with Gasteiger partial charge in [-0.1, -0.05) is 12.1 Å². The van der Waals surface area contributed by atoms with Crippen molar-refractivity contribution in [3.63, 3.8) is 0 Å². The first kappa shape index (κ1) is 18.1. The van der Waals surface area contributed by atoms with Crippen LogP contribution in [0.2, 0.25) is 0 Å². The van der Waals surface area contributed by atoms with Crippen LogP contribution in [0.5, 0.6) is 0 Å². The third-order valence-electron chi connectivity index (χ3n) is 3.13. The molecule has 0 saturated carbocycles. The number of rotatable bonds is 3. The molecular formula is C13H18Cl2FN3. The SMILES string of the molecule is Cl.Cl.N#CC[C@H](c1ccc(F)cc1)N1CCNCC1. The highest BCUT2D eigenvalue weighted by molar-refractivity contribution is 5.85. The summed E-state index contributed by atoms with van der Waals surface area (Å²) in [5, 5.41) is 12.2. The average Bonchev–Trinajstić information content (AvgIpc) is 2.38. The van der Waals surface area contributed by atoms with E-state index in [1.165, 1.54) is 12.1 Å². The van der Waals surface area contributed by atoms with Gasteiger partial charge < -0.3 is 5.32 Å². The summed E-state index contributed by atoms with van der Waals surface area (Å²) in [7, 11) is 0. The van der Waals surface area contributed by atoms with E-state index in [-0.39, 0.29) is 36.7 Å². The third kappa shape index (κ3) is 4.96. The maximum Gasteiger partial charge on any atom is 0.123 e. The second-order valence-electron chi connectivity index (χ2n) is 4.22. The van der Waals surface area contributed by atoms with Gasteiger partial charge >= 0.3 is 0 Å². The summed E-state index contributed by atoms with van der Waals surface area (Å²) in [5.74, 6) is -0.232. The molecule has 0 amide bonds. The van der Waals surface area contributed by atoms with E-state index in [1.54, 1.807) is 12.1 Å². The van der Waals surface area contributed by atoms with Crippen LogP contribution in [-0.2, 0) is 0 Å². The van der Waals surface area contributed by atoms with Crippen molar-refractivity contribution in [1.29, 1.82) is 5.26 Å². The predicted molar refractivity (Wildman–Crippen MR) is 78.3 cm³/mol. The Labute approximate surface area is 125 Å². The van der Waals surface area contributed by atoms with Crippen LogP contribution in [0.15, 0.2) is 24.3 Å². The molecule has 1 fully saturated rings. The Balaban J connectivity index is 0.00000162. The number of nitrogens with zero attached hydrogens (tertiary/aromatic N) is 2. The summed E-state index contributed by atoms with van der Waals surface area (Å²) in [5.41, 5.74) is 1.02. The van der Waals surface area contributed by atoms with Crippen LogP contribution >= 0.6 is 24.8 Å². The van der Waals surface area contributed by atoms with Crippen molar-refractivity contribution in [1.82, 2.24) is 10.2 Å². The van der Waals surface area contributed by atoms with E-state index in [2.05, 4.69) is 16.3 Å². The van der Waals surface area contributed by atoms with Gasteiger partial charge in [0.25, 0.3) is 0 Å². The standard InChI is InChI=1S/C13H16FN3.2ClH/c14-12-3-1-11(2-4-12)13(5-6-15)17-9-7-16-8-10-17;;/h1-4,13,16H,5,7-10H2;2*1H/t13-;;/m1../s1. The molecule has 2 rings (SSSR count). The molecular weight excluding hydrogens is 288 g/mol. The lowest BCUT2D eigenvalue weighted by Gasteiger charge is -2.34. The molecule has 1 heterocycles. The molecule has 0 bridgehead atoms. The smallest absolute Gasteiger partial charge is 0.123 e. The number of hydrogen-bond acceptors (Lipinski definition) is 3. The number of halogens is 3. The number of piperazine rings is 1. The van der Waals surface area contributed by atoms with Crippen LogP contribution in [0.1, 0.15) is 18.0 Å². The number of nitriles is 1. The van der Waals surface area contributed by atoms with Crippen molar-refractivity contribution in [2.24, 2.45) is 0 Å². The van der Waals surface area contributed by atoms with Crippen molar-refractivity contribution < 1.29 is 4.39 Å². The fourth-order valence-electron chi connectivity index (χ4n) is 2.22. The second kappa shape index (κ2) is 9.11. The fourth-order valence-corrected chi connectivity index (χ4v) is 2.22. The minimum Gasteiger partial charge on any atom is -0.314 e. The molecule has 1 aliphatic rings. The lowest BCUT2D eigenvalue weighted by atomic mass is 10.0. The summed E-state index contributed by atoms with van der Waals surface area (Å²) in [6.07, 6.45) is 0.450. The van der Waals surface area contributed by atoms with E-state index in [0.717, 1.165) is 31.7 Å². The number of hydrogen-bond donors (Lipinski definition) is 1. The van der Waals surface area contributed by atoms with Gasteiger partial charge in [0.15, 0.2) is 0 Å². The van der Waals surface area contributed by atoms with Gasteiger partial charge in [-0.05, 0) is 17.7 Å². The molecule has 1 aliphatic heterocycles. The normalized spacial score (nSPS) is 16.6. The molecule has 19 heavy (non-hydrogen) atoms. The molecule has 1 atom stereocenters. The van der Waals surface area contributed by atoms with E-state index < -0.39 is 0 Å². The first-order chi connectivity index (χ1) is 8.31. The zero-order chi connectivity index (χ0) is 12.1. The van der Waals surface area contributed by atoms with Crippen LogP contribution in [0, 0.1) is 17.1 Å². The summed E-state index contributed by atoms with van der Waals surface area (Å²) in [6.45, 7) is 3.76. The lowest BCUT2D eigenvalue weighted by Crippen LogP contribution is -2.45. The molecule has 106 valence electrons. The van der Waals surface area contributed by atoms with E-state index in [0.29, 0.717) is 6.42 Å². The van der Waals surface area contributed by atoms with Crippen LogP contribution in [0.4, 0.5) is 4.39 Å². The molecule has 6 heteroatoms. The zero-order valence-electron chi connectivity index (χ0n) is 10.5. The summed E-state index contributed by atoms with van der Waals surface area (Å²) in [6, 6.07) is 8.78. The Kier molecular flexibility index (Phi) is 8.70. The van der Waals surface area contributed by atoms with Gasteiger partial charge in [0, 0.05) is 32.2 Å². The van der Waals surface area contributed by atoms with Gasteiger partial charge in [-0.2, -0.15) is 5.26 Å². The molecule has 1 saturated heterocycles. The van der Waals surface area contributed by atoms with Crippen LogP contribution in [0.25, 0.3) is 0 Å². The second-order valence-corrected chi connectivity index (χ2v) is 4.22. The van der Waals surface area contributed by atoms with Crippen LogP contribution < -0.4 is 5.32 Å². The number of benzene rings is 1. The fraction of sp³-hybridized carbons (Fsp3) is 0.462. The molecule has 0 spiro atoms. The maximum absolute atomic E-state index is 12.9. The first-order valence-electron chi connectivity index (χ1n) is 5.88. The average molecular weight is 306 g/mol. The highest BCUT2D eigenvalue weighted by Gasteiger charge is 2.21. The number of nitrogens with one attached hydrogen (secondary N) is 1. The van der Waals surface area contributed by atoms with Gasteiger partial charge in [0.1, 0.15) is 5.82 Å². The Morgan fingerprint density at radius 1 is 1.21 bits per heavy atom. The monoisotopic (exact) mass is 305 g/mol. The van der Waals surface area contributed by atoms with Crippen LogP contribution in [0.3, 0.4) is 0 Å². The Morgan fingerprint density at radius 2 is 1.79 bits per heavy atom. The molecule has 3 nitrogen and oxygen atoms in total. The van der Waals surface area contributed by atoms with Gasteiger partial charge in [-0.25, -0.2) is 4.39 Å². The molecule has 1 N–H and O–H groups in total. The quantitative estimate of drug-likeness (QED) is 0.933. The summed E-state index contributed by atoms with van der Waals surface area (Å²) >= 11 is 0. The van der Waals surface area contributed by atoms with Gasteiger partial charge in [0.05, 0.1) is 12.5 Å². The Bertz CT molecular complexity index is 399. The molecule has 0 aromatic heterocycles.